The van der Waals surface area contributed by atoms with Crippen molar-refractivity contribution in [2.24, 2.45) is 14.1 Å². The van der Waals surface area contributed by atoms with Crippen LogP contribution in [0.3, 0.4) is 0 Å². The summed E-state index contributed by atoms with van der Waals surface area (Å²) >= 11 is 0. The molecule has 1 heterocycles. The second-order valence-corrected chi connectivity index (χ2v) is 5.34. The van der Waals surface area contributed by atoms with E-state index in [0.717, 1.165) is 14.1 Å². The van der Waals surface area contributed by atoms with Crippen molar-refractivity contribution in [3.63, 3.8) is 0 Å². The fourth-order valence-electron chi connectivity index (χ4n) is 2.14. The highest BCUT2D eigenvalue weighted by Crippen LogP contribution is 2.39. The number of nitriles is 1. The summed E-state index contributed by atoms with van der Waals surface area (Å²) in [6.07, 6.45) is -10.2. The Bertz CT molecular complexity index is 1020. The zero-order valence-electron chi connectivity index (χ0n) is 13.6. The molecule has 2 aromatic rings. The second-order valence-electron chi connectivity index (χ2n) is 5.34. The quantitative estimate of drug-likeness (QED) is 0.736. The van der Waals surface area contributed by atoms with Crippen LogP contribution >= 0.6 is 0 Å². The largest absolute Gasteiger partial charge is 0.439 e. The maximum atomic E-state index is 12.9. The Morgan fingerprint density at radius 2 is 1.41 bits per heavy atom. The first-order valence-corrected chi connectivity index (χ1v) is 6.94. The van der Waals surface area contributed by atoms with Gasteiger partial charge in [-0.15, -0.1) is 0 Å². The normalized spacial score (nSPS) is 12.0. The van der Waals surface area contributed by atoms with Crippen LogP contribution in [0.5, 0.6) is 11.6 Å². The molecule has 0 radical (unpaired) electrons. The van der Waals surface area contributed by atoms with Crippen molar-refractivity contribution in [2.45, 2.75) is 12.4 Å². The van der Waals surface area contributed by atoms with Crippen molar-refractivity contribution < 1.29 is 31.1 Å². The van der Waals surface area contributed by atoms with Gasteiger partial charge in [-0.25, -0.2) is 4.79 Å². The van der Waals surface area contributed by atoms with E-state index in [9.17, 15) is 35.9 Å². The first kappa shape index (κ1) is 20.1. The zero-order valence-corrected chi connectivity index (χ0v) is 13.6. The summed E-state index contributed by atoms with van der Waals surface area (Å²) in [5.41, 5.74) is -6.17. The van der Waals surface area contributed by atoms with Gasteiger partial charge in [0.2, 0.25) is 5.88 Å². The molecule has 0 atom stereocenters. The molecule has 0 fully saturated rings. The molecule has 12 heteroatoms. The molecular formula is C15H9F6N3O3. The number of halogens is 6. The van der Waals surface area contributed by atoms with E-state index in [1.807, 2.05) is 0 Å². The van der Waals surface area contributed by atoms with E-state index in [-0.39, 0.29) is 18.2 Å². The Labute approximate surface area is 146 Å². The minimum Gasteiger partial charge on any atom is -0.439 e. The molecular weight excluding hydrogens is 384 g/mol. The van der Waals surface area contributed by atoms with Gasteiger partial charge in [0.25, 0.3) is 5.56 Å². The van der Waals surface area contributed by atoms with Crippen molar-refractivity contribution in [1.82, 2.24) is 9.13 Å². The molecule has 0 unspecified atom stereocenters. The van der Waals surface area contributed by atoms with Gasteiger partial charge in [-0.1, -0.05) is 0 Å². The lowest BCUT2D eigenvalue weighted by atomic mass is 10.1. The van der Waals surface area contributed by atoms with Gasteiger partial charge < -0.3 is 4.74 Å². The first-order chi connectivity index (χ1) is 12.3. The molecule has 0 bridgehead atoms. The lowest BCUT2D eigenvalue weighted by Crippen LogP contribution is -2.38. The van der Waals surface area contributed by atoms with Crippen LogP contribution in [-0.2, 0) is 26.4 Å². The number of benzene rings is 1. The topological polar surface area (TPSA) is 77.0 Å². The highest BCUT2D eigenvalue weighted by atomic mass is 19.4. The number of ether oxygens (including phenoxy) is 1. The average molecular weight is 393 g/mol. The van der Waals surface area contributed by atoms with Crippen LogP contribution in [0.15, 0.2) is 27.8 Å². The maximum absolute atomic E-state index is 12.9. The van der Waals surface area contributed by atoms with Crippen molar-refractivity contribution in [1.29, 1.82) is 5.26 Å². The van der Waals surface area contributed by atoms with Gasteiger partial charge >= 0.3 is 18.0 Å². The summed E-state index contributed by atoms with van der Waals surface area (Å²) in [4.78, 5) is 23.8. The fraction of sp³-hybridized carbons (Fsp3) is 0.267. The standard InChI is InChI=1S/C15H9F6N3O3/c1-23-11(25)10(6-22)12(24(2)13(23)26)27-9-4-7(14(16,17)18)3-8(5-9)15(19,20)21/h3-5H,1-2H3. The molecule has 0 aliphatic rings. The van der Waals surface area contributed by atoms with Crippen LogP contribution in [0.25, 0.3) is 0 Å². The molecule has 2 rings (SSSR count). The lowest BCUT2D eigenvalue weighted by molar-refractivity contribution is -0.143. The van der Waals surface area contributed by atoms with Gasteiger partial charge in [0.15, 0.2) is 5.56 Å². The van der Waals surface area contributed by atoms with Crippen LogP contribution in [-0.4, -0.2) is 9.13 Å². The summed E-state index contributed by atoms with van der Waals surface area (Å²) in [5.74, 6) is -1.73. The Balaban J connectivity index is 2.74. The van der Waals surface area contributed by atoms with Gasteiger partial charge in [0, 0.05) is 14.1 Å². The number of hydrogen-bond donors (Lipinski definition) is 0. The second kappa shape index (κ2) is 6.49. The summed E-state index contributed by atoms with van der Waals surface area (Å²) in [7, 11) is 2.08. The van der Waals surface area contributed by atoms with Crippen LogP contribution in [0.2, 0.25) is 0 Å². The van der Waals surface area contributed by atoms with E-state index >= 15 is 0 Å². The van der Waals surface area contributed by atoms with Gasteiger partial charge in [-0.05, 0) is 18.2 Å². The lowest BCUT2D eigenvalue weighted by Gasteiger charge is -2.16. The molecule has 0 aliphatic heterocycles. The van der Waals surface area contributed by atoms with Crippen molar-refractivity contribution in [2.75, 3.05) is 0 Å². The molecule has 1 aromatic carbocycles. The van der Waals surface area contributed by atoms with Crippen molar-refractivity contribution in [3.05, 3.63) is 55.7 Å². The van der Waals surface area contributed by atoms with E-state index in [0.29, 0.717) is 9.13 Å². The fourth-order valence-corrected chi connectivity index (χ4v) is 2.14. The Morgan fingerprint density at radius 1 is 0.926 bits per heavy atom. The van der Waals surface area contributed by atoms with E-state index in [1.54, 1.807) is 0 Å². The highest BCUT2D eigenvalue weighted by molar-refractivity contribution is 5.43. The minimum absolute atomic E-state index is 0.110. The van der Waals surface area contributed by atoms with E-state index < -0.39 is 51.9 Å². The van der Waals surface area contributed by atoms with Crippen LogP contribution in [0.1, 0.15) is 16.7 Å². The Hall–Kier alpha value is -3.23. The maximum Gasteiger partial charge on any atom is 0.416 e. The van der Waals surface area contributed by atoms with E-state index in [2.05, 4.69) is 0 Å². The Morgan fingerprint density at radius 3 is 1.81 bits per heavy atom. The third kappa shape index (κ3) is 3.81. The first-order valence-electron chi connectivity index (χ1n) is 6.94. The molecule has 0 aliphatic carbocycles. The molecule has 0 amide bonds. The Kier molecular flexibility index (Phi) is 4.83. The molecule has 0 spiro atoms. The number of aromatic nitrogens is 2. The summed E-state index contributed by atoms with van der Waals surface area (Å²) in [6, 6.07) is 1.83. The molecule has 0 saturated heterocycles. The van der Waals surface area contributed by atoms with Crippen LogP contribution in [0.4, 0.5) is 26.3 Å². The number of alkyl halides is 6. The summed E-state index contributed by atoms with van der Waals surface area (Å²) < 4.78 is 83.5. The molecule has 6 nitrogen and oxygen atoms in total. The van der Waals surface area contributed by atoms with E-state index in [4.69, 9.17) is 10.00 Å². The zero-order chi connectivity index (χ0) is 20.7. The third-order valence-corrected chi connectivity index (χ3v) is 3.50. The minimum atomic E-state index is -5.11. The molecule has 1 aromatic heterocycles. The molecule has 0 saturated carbocycles. The molecule has 0 N–H and O–H groups in total. The molecule has 144 valence electrons. The predicted octanol–water partition coefficient (Wildman–Crippen LogP) is 2.79. The molecule has 27 heavy (non-hydrogen) atoms. The van der Waals surface area contributed by atoms with Gasteiger partial charge in [0.05, 0.1) is 11.1 Å². The van der Waals surface area contributed by atoms with Crippen LogP contribution < -0.4 is 16.0 Å². The van der Waals surface area contributed by atoms with Crippen LogP contribution in [0, 0.1) is 11.3 Å². The van der Waals surface area contributed by atoms with Gasteiger partial charge in [-0.3, -0.25) is 13.9 Å². The van der Waals surface area contributed by atoms with Gasteiger partial charge in [0.1, 0.15) is 11.8 Å². The highest BCUT2D eigenvalue weighted by Gasteiger charge is 2.37. The van der Waals surface area contributed by atoms with E-state index in [1.165, 1.54) is 6.07 Å². The SMILES string of the molecule is Cn1c(Oc2cc(C(F)(F)F)cc(C(F)(F)F)c2)c(C#N)c(=O)n(C)c1=O. The number of hydrogen-bond acceptors (Lipinski definition) is 4. The third-order valence-electron chi connectivity index (χ3n) is 3.50. The average Bonchev–Trinajstić information content (AvgIpc) is 2.56. The van der Waals surface area contributed by atoms with Crippen molar-refractivity contribution >= 4 is 0 Å². The summed E-state index contributed by atoms with van der Waals surface area (Å²) in [6.45, 7) is 0. The number of rotatable bonds is 2. The predicted molar refractivity (Wildman–Crippen MR) is 78.2 cm³/mol. The van der Waals surface area contributed by atoms with Gasteiger partial charge in [-0.2, -0.15) is 31.6 Å². The number of nitrogens with zero attached hydrogens (tertiary/aromatic N) is 3. The smallest absolute Gasteiger partial charge is 0.416 e. The summed E-state index contributed by atoms with van der Waals surface area (Å²) in [5, 5.41) is 9.07. The van der Waals surface area contributed by atoms with Crippen molar-refractivity contribution in [3.8, 4) is 17.7 Å². The monoisotopic (exact) mass is 393 g/mol.